The zero-order valence-corrected chi connectivity index (χ0v) is 9.22. The second-order valence-corrected chi connectivity index (χ2v) is 3.00. The summed E-state index contributed by atoms with van der Waals surface area (Å²) in [7, 11) is 0. The number of unbranched alkanes of at least 4 members (excludes halogenated alkanes) is 1. The van der Waals surface area contributed by atoms with Crippen LogP contribution in [-0.4, -0.2) is 23.7 Å². The largest absolute Gasteiger partial charge is 0.478 e. The van der Waals surface area contributed by atoms with Crippen LogP contribution >= 0.6 is 0 Å². The topological polar surface area (TPSA) is 66.7 Å². The number of carbonyl (C=O) groups excluding carboxylic acids is 1. The number of benzene rings is 1. The van der Waals surface area contributed by atoms with Crippen LogP contribution in [0.4, 0.5) is 0 Å². The minimum atomic E-state index is -0.879. The summed E-state index contributed by atoms with van der Waals surface area (Å²) in [6, 6.07) is 8.30. The highest BCUT2D eigenvalue weighted by atomic mass is 16.4. The van der Waals surface area contributed by atoms with Crippen LogP contribution in [0.25, 0.3) is 0 Å². The number of carbonyl (C=O) groups is 1. The van der Waals surface area contributed by atoms with Gasteiger partial charge in [-0.3, -0.25) is 0 Å². The minimum Gasteiger partial charge on any atom is -0.478 e. The molecule has 0 saturated heterocycles. The van der Waals surface area contributed by atoms with Crippen molar-refractivity contribution < 1.29 is 14.7 Å². The molecule has 0 atom stereocenters. The average Bonchev–Trinajstić information content (AvgIpc) is 2.32. The third-order valence-electron chi connectivity index (χ3n) is 1.71. The molecule has 0 aliphatic heterocycles. The molecule has 0 aliphatic rings. The summed E-state index contributed by atoms with van der Waals surface area (Å²) in [5.74, 6) is -0.879. The van der Waals surface area contributed by atoms with Gasteiger partial charge in [0.05, 0.1) is 12.1 Å². The number of aliphatic imine (C=N–C) groups is 1. The van der Waals surface area contributed by atoms with Crippen molar-refractivity contribution in [1.82, 2.24) is 0 Å². The molecule has 0 heterocycles. The lowest BCUT2D eigenvalue weighted by Gasteiger charge is -1.88. The van der Waals surface area contributed by atoms with Crippen LogP contribution in [0.5, 0.6) is 0 Å². The van der Waals surface area contributed by atoms with Gasteiger partial charge in [0.25, 0.3) is 0 Å². The molecule has 0 aliphatic carbocycles. The molecule has 0 aromatic heterocycles. The van der Waals surface area contributed by atoms with Gasteiger partial charge >= 0.3 is 5.97 Å². The van der Waals surface area contributed by atoms with Crippen molar-refractivity contribution in [2.45, 2.75) is 19.8 Å². The van der Waals surface area contributed by atoms with Gasteiger partial charge in [-0.1, -0.05) is 31.5 Å². The number of hydrogen-bond acceptors (Lipinski definition) is 3. The normalized spacial score (nSPS) is 8.31. The summed E-state index contributed by atoms with van der Waals surface area (Å²) < 4.78 is 0. The van der Waals surface area contributed by atoms with Gasteiger partial charge < -0.3 is 5.11 Å². The molecule has 16 heavy (non-hydrogen) atoms. The van der Waals surface area contributed by atoms with Gasteiger partial charge in [0.1, 0.15) is 0 Å². The Morgan fingerprint density at radius 1 is 1.38 bits per heavy atom. The van der Waals surface area contributed by atoms with Crippen LogP contribution < -0.4 is 0 Å². The number of isocyanates is 1. The molecule has 0 bridgehead atoms. The second-order valence-electron chi connectivity index (χ2n) is 3.00. The van der Waals surface area contributed by atoms with Crippen molar-refractivity contribution in [3.8, 4) is 0 Å². The molecule has 0 fully saturated rings. The van der Waals surface area contributed by atoms with Gasteiger partial charge in [0.2, 0.25) is 6.08 Å². The van der Waals surface area contributed by atoms with Crippen molar-refractivity contribution in [3.05, 3.63) is 35.9 Å². The van der Waals surface area contributed by atoms with Crippen LogP contribution in [0.15, 0.2) is 35.3 Å². The predicted molar refractivity (Wildman–Crippen MR) is 61.3 cm³/mol. The van der Waals surface area contributed by atoms with Gasteiger partial charge in [-0.25, -0.2) is 14.6 Å². The van der Waals surface area contributed by atoms with E-state index in [1.54, 1.807) is 30.3 Å². The van der Waals surface area contributed by atoms with E-state index in [-0.39, 0.29) is 0 Å². The van der Waals surface area contributed by atoms with Crippen molar-refractivity contribution in [3.63, 3.8) is 0 Å². The van der Waals surface area contributed by atoms with Gasteiger partial charge in [-0.2, -0.15) is 0 Å². The third-order valence-corrected chi connectivity index (χ3v) is 1.71. The fourth-order valence-corrected chi connectivity index (χ4v) is 0.864. The molecule has 0 spiro atoms. The van der Waals surface area contributed by atoms with Crippen LogP contribution in [-0.2, 0) is 4.79 Å². The van der Waals surface area contributed by atoms with Crippen molar-refractivity contribution in [1.29, 1.82) is 0 Å². The van der Waals surface area contributed by atoms with E-state index in [4.69, 9.17) is 5.11 Å². The monoisotopic (exact) mass is 221 g/mol. The Bertz CT molecular complexity index is 343. The van der Waals surface area contributed by atoms with Gasteiger partial charge in [0, 0.05) is 0 Å². The molecule has 0 amide bonds. The lowest BCUT2D eigenvalue weighted by atomic mass is 10.2. The molecule has 0 saturated carbocycles. The van der Waals surface area contributed by atoms with E-state index in [0.29, 0.717) is 12.1 Å². The molecule has 1 aromatic carbocycles. The SMILES string of the molecule is CCCCN=C=O.O=C(O)c1ccccc1. The first-order chi connectivity index (χ1) is 7.72. The third kappa shape index (κ3) is 7.47. The Morgan fingerprint density at radius 3 is 2.38 bits per heavy atom. The van der Waals surface area contributed by atoms with Crippen molar-refractivity contribution in [2.75, 3.05) is 6.54 Å². The molecule has 0 radical (unpaired) electrons. The highest BCUT2D eigenvalue weighted by molar-refractivity contribution is 5.87. The van der Waals surface area contributed by atoms with E-state index in [1.165, 1.54) is 6.08 Å². The average molecular weight is 221 g/mol. The zero-order valence-electron chi connectivity index (χ0n) is 9.22. The number of carboxylic acid groups (broad SMARTS) is 1. The highest BCUT2D eigenvalue weighted by Crippen LogP contribution is 1.96. The first-order valence-corrected chi connectivity index (χ1v) is 5.04. The number of aromatic carboxylic acids is 1. The van der Waals surface area contributed by atoms with E-state index in [1.807, 2.05) is 0 Å². The van der Waals surface area contributed by atoms with Crippen LogP contribution in [0.1, 0.15) is 30.1 Å². The summed E-state index contributed by atoms with van der Waals surface area (Å²) in [4.78, 5) is 22.9. The maximum atomic E-state index is 10.2. The molecular formula is C12H15NO3. The molecule has 1 rings (SSSR count). The number of carboxylic acids is 1. The molecule has 86 valence electrons. The minimum absolute atomic E-state index is 0.331. The molecule has 0 unspecified atom stereocenters. The van der Waals surface area contributed by atoms with Gasteiger partial charge in [-0.15, -0.1) is 0 Å². The Morgan fingerprint density at radius 2 is 2.00 bits per heavy atom. The van der Waals surface area contributed by atoms with Crippen LogP contribution in [0, 0.1) is 0 Å². The summed E-state index contributed by atoms with van der Waals surface area (Å²) in [6.07, 6.45) is 3.56. The summed E-state index contributed by atoms with van der Waals surface area (Å²) >= 11 is 0. The number of rotatable bonds is 4. The Balaban J connectivity index is 0.000000293. The smallest absolute Gasteiger partial charge is 0.335 e. The Kier molecular flexibility index (Phi) is 8.46. The molecule has 1 aromatic rings. The quantitative estimate of drug-likeness (QED) is 0.482. The van der Waals surface area contributed by atoms with Gasteiger partial charge in [0.15, 0.2) is 0 Å². The first-order valence-electron chi connectivity index (χ1n) is 5.04. The molecule has 1 N–H and O–H groups in total. The van der Waals surface area contributed by atoms with Crippen LogP contribution in [0.2, 0.25) is 0 Å². The second kappa shape index (κ2) is 9.62. The van der Waals surface area contributed by atoms with E-state index in [0.717, 1.165) is 12.8 Å². The van der Waals surface area contributed by atoms with Crippen molar-refractivity contribution in [2.24, 2.45) is 4.99 Å². The lowest BCUT2D eigenvalue weighted by Crippen LogP contribution is -1.93. The van der Waals surface area contributed by atoms with E-state index in [2.05, 4.69) is 11.9 Å². The molecular weight excluding hydrogens is 206 g/mol. The summed E-state index contributed by atoms with van der Waals surface area (Å²) in [6.45, 7) is 2.69. The fourth-order valence-electron chi connectivity index (χ4n) is 0.864. The summed E-state index contributed by atoms with van der Waals surface area (Å²) in [5.41, 5.74) is 0.331. The van der Waals surface area contributed by atoms with Crippen molar-refractivity contribution >= 4 is 12.0 Å². The Hall–Kier alpha value is -1.93. The fraction of sp³-hybridized carbons (Fsp3) is 0.333. The van der Waals surface area contributed by atoms with E-state index < -0.39 is 5.97 Å². The molecule has 4 nitrogen and oxygen atoms in total. The first kappa shape index (κ1) is 14.1. The standard InChI is InChI=1S/C7H6O2.C5H9NO/c8-7(9)6-4-2-1-3-5-6;1-2-3-4-6-5-7/h1-5H,(H,8,9);2-4H2,1H3. The summed E-state index contributed by atoms with van der Waals surface area (Å²) in [5, 5.41) is 8.38. The number of nitrogens with zero attached hydrogens (tertiary/aromatic N) is 1. The maximum Gasteiger partial charge on any atom is 0.335 e. The molecule has 4 heteroatoms. The van der Waals surface area contributed by atoms with E-state index in [9.17, 15) is 9.59 Å². The lowest BCUT2D eigenvalue weighted by molar-refractivity contribution is 0.0697. The van der Waals surface area contributed by atoms with Gasteiger partial charge in [-0.05, 0) is 18.6 Å². The maximum absolute atomic E-state index is 10.2. The Labute approximate surface area is 94.6 Å². The van der Waals surface area contributed by atoms with Crippen LogP contribution in [0.3, 0.4) is 0 Å². The van der Waals surface area contributed by atoms with E-state index >= 15 is 0 Å². The zero-order chi connectivity index (χ0) is 12.2. The number of hydrogen-bond donors (Lipinski definition) is 1. The predicted octanol–water partition coefficient (Wildman–Crippen LogP) is 2.51. The highest BCUT2D eigenvalue weighted by Gasteiger charge is 1.96.